The topological polar surface area (TPSA) is 79.4 Å². The number of benzene rings is 2. The van der Waals surface area contributed by atoms with E-state index >= 15 is 0 Å². The number of carbonyl (C=O) groups excluding carboxylic acids is 1. The lowest BCUT2D eigenvalue weighted by atomic mass is 9.94. The van der Waals surface area contributed by atoms with Crippen molar-refractivity contribution in [2.75, 3.05) is 6.61 Å². The zero-order valence-electron chi connectivity index (χ0n) is 15.5. The molecule has 0 fully saturated rings. The number of phenols is 1. The lowest BCUT2D eigenvalue weighted by molar-refractivity contribution is -0.138. The minimum absolute atomic E-state index is 0.000369. The summed E-state index contributed by atoms with van der Waals surface area (Å²) in [6, 6.07) is 6.81. The van der Waals surface area contributed by atoms with Gasteiger partial charge < -0.3 is 14.8 Å². The van der Waals surface area contributed by atoms with E-state index in [2.05, 4.69) is 4.98 Å². The Hall–Kier alpha value is -3.26. The van der Waals surface area contributed by atoms with Crippen LogP contribution in [0.3, 0.4) is 0 Å². The van der Waals surface area contributed by atoms with Crippen LogP contribution in [-0.2, 0) is 15.7 Å². The van der Waals surface area contributed by atoms with Gasteiger partial charge in [-0.25, -0.2) is 4.79 Å². The lowest BCUT2D eigenvalue weighted by Gasteiger charge is -2.14. The van der Waals surface area contributed by atoms with Gasteiger partial charge in [0.25, 0.3) is 5.56 Å². The number of H-pyrrole nitrogens is 1. The number of nitrogens with one attached hydrogen (secondary N) is 1. The summed E-state index contributed by atoms with van der Waals surface area (Å²) < 4.78 is 44.7. The van der Waals surface area contributed by atoms with E-state index < -0.39 is 23.3 Å². The first kappa shape index (κ1) is 21.4. The van der Waals surface area contributed by atoms with Gasteiger partial charge in [0.1, 0.15) is 5.75 Å². The standard InChI is InChI=1S/C21H15ClF3NO4/c1-2-30-18(28)8-5-13-19(15-10-12(22)4-7-17(15)27)14-9-11(21(23,24)25)3-6-16(14)26-20(13)29/h3-10,27H,2H2,1H3,(H,26,29). The molecule has 0 atom stereocenters. The highest BCUT2D eigenvalue weighted by Gasteiger charge is 2.31. The molecule has 1 aromatic heterocycles. The van der Waals surface area contributed by atoms with E-state index in [9.17, 15) is 27.9 Å². The van der Waals surface area contributed by atoms with Crippen LogP contribution in [0.1, 0.15) is 18.1 Å². The van der Waals surface area contributed by atoms with Crippen molar-refractivity contribution in [2.45, 2.75) is 13.1 Å². The molecule has 2 aromatic carbocycles. The van der Waals surface area contributed by atoms with Crippen molar-refractivity contribution in [1.29, 1.82) is 0 Å². The average Bonchev–Trinajstić information content (AvgIpc) is 2.67. The van der Waals surface area contributed by atoms with Crippen LogP contribution in [0.25, 0.3) is 28.1 Å². The molecule has 0 bridgehead atoms. The Morgan fingerprint density at radius 1 is 1.23 bits per heavy atom. The number of pyridine rings is 1. The highest BCUT2D eigenvalue weighted by Crippen LogP contribution is 2.39. The van der Waals surface area contributed by atoms with Gasteiger partial charge in [-0.2, -0.15) is 13.2 Å². The number of aromatic nitrogens is 1. The lowest BCUT2D eigenvalue weighted by Crippen LogP contribution is -2.13. The first-order valence-electron chi connectivity index (χ1n) is 8.72. The Morgan fingerprint density at radius 3 is 2.63 bits per heavy atom. The summed E-state index contributed by atoms with van der Waals surface area (Å²) in [7, 11) is 0. The van der Waals surface area contributed by atoms with Crippen LogP contribution in [0.15, 0.2) is 47.3 Å². The summed E-state index contributed by atoms with van der Waals surface area (Å²) in [4.78, 5) is 26.9. The van der Waals surface area contributed by atoms with Crippen molar-refractivity contribution in [3.05, 3.63) is 69.0 Å². The molecule has 9 heteroatoms. The van der Waals surface area contributed by atoms with Crippen molar-refractivity contribution in [3.63, 3.8) is 0 Å². The second kappa shape index (κ2) is 8.23. The first-order chi connectivity index (χ1) is 14.1. The number of phenolic OH excluding ortho intramolecular Hbond substituents is 1. The normalized spacial score (nSPS) is 11.9. The van der Waals surface area contributed by atoms with Crippen molar-refractivity contribution in [3.8, 4) is 16.9 Å². The van der Waals surface area contributed by atoms with E-state index in [0.29, 0.717) is 0 Å². The first-order valence-corrected chi connectivity index (χ1v) is 9.10. The van der Waals surface area contributed by atoms with E-state index in [4.69, 9.17) is 16.3 Å². The molecule has 0 radical (unpaired) electrons. The third kappa shape index (κ3) is 4.33. The maximum Gasteiger partial charge on any atom is 0.416 e. The maximum atomic E-state index is 13.3. The second-order valence-corrected chi connectivity index (χ2v) is 6.68. The molecule has 0 aliphatic rings. The van der Waals surface area contributed by atoms with E-state index in [1.54, 1.807) is 6.92 Å². The van der Waals surface area contributed by atoms with E-state index in [0.717, 1.165) is 30.4 Å². The van der Waals surface area contributed by atoms with Crippen LogP contribution in [0, 0.1) is 0 Å². The second-order valence-electron chi connectivity index (χ2n) is 6.25. The van der Waals surface area contributed by atoms with Gasteiger partial charge in [-0.15, -0.1) is 0 Å². The fourth-order valence-corrected chi connectivity index (χ4v) is 3.16. The molecule has 0 saturated carbocycles. The number of fused-ring (bicyclic) bond motifs is 1. The molecule has 0 aliphatic carbocycles. The van der Waals surface area contributed by atoms with Crippen LogP contribution in [-0.4, -0.2) is 22.7 Å². The Morgan fingerprint density at radius 2 is 1.97 bits per heavy atom. The number of aromatic hydroxyl groups is 1. The van der Waals surface area contributed by atoms with E-state index in [-0.39, 0.29) is 45.0 Å². The Kier molecular flexibility index (Phi) is 5.89. The summed E-state index contributed by atoms with van der Waals surface area (Å²) in [5, 5.41) is 10.6. The summed E-state index contributed by atoms with van der Waals surface area (Å²) in [5.74, 6) is -1.03. The highest BCUT2D eigenvalue weighted by molar-refractivity contribution is 6.31. The van der Waals surface area contributed by atoms with Crippen LogP contribution < -0.4 is 5.56 Å². The van der Waals surface area contributed by atoms with Crippen LogP contribution >= 0.6 is 11.6 Å². The average molecular weight is 438 g/mol. The smallest absolute Gasteiger partial charge is 0.416 e. The molecule has 0 amide bonds. The fraction of sp³-hybridized carbons (Fsp3) is 0.143. The summed E-state index contributed by atoms with van der Waals surface area (Å²) in [6.07, 6.45) is -2.51. The molecule has 0 saturated heterocycles. The number of esters is 1. The highest BCUT2D eigenvalue weighted by atomic mass is 35.5. The largest absolute Gasteiger partial charge is 0.507 e. The van der Waals surface area contributed by atoms with Gasteiger partial charge in [0.2, 0.25) is 0 Å². The summed E-state index contributed by atoms with van der Waals surface area (Å²) in [6.45, 7) is 1.71. The third-order valence-electron chi connectivity index (χ3n) is 4.28. The summed E-state index contributed by atoms with van der Waals surface area (Å²) >= 11 is 6.01. The number of carbonyl (C=O) groups is 1. The number of aromatic amines is 1. The molecule has 0 spiro atoms. The zero-order valence-corrected chi connectivity index (χ0v) is 16.3. The van der Waals surface area contributed by atoms with Crippen LogP contribution in [0.4, 0.5) is 13.2 Å². The Bertz CT molecular complexity index is 1220. The van der Waals surface area contributed by atoms with Crippen molar-refractivity contribution < 1.29 is 27.8 Å². The molecule has 30 heavy (non-hydrogen) atoms. The number of alkyl halides is 3. The zero-order chi connectivity index (χ0) is 22.1. The predicted octanol–water partition coefficient (Wildman–Crippen LogP) is 5.15. The van der Waals surface area contributed by atoms with Gasteiger partial charge in [0, 0.05) is 38.7 Å². The third-order valence-corrected chi connectivity index (χ3v) is 4.51. The minimum atomic E-state index is -4.63. The molecule has 0 unspecified atom stereocenters. The number of rotatable bonds is 4. The number of halogens is 4. The van der Waals surface area contributed by atoms with Gasteiger partial charge in [0.05, 0.1) is 12.2 Å². The molecular weight excluding hydrogens is 423 g/mol. The molecule has 156 valence electrons. The molecule has 3 aromatic rings. The quantitative estimate of drug-likeness (QED) is 0.437. The molecule has 3 rings (SSSR count). The minimum Gasteiger partial charge on any atom is -0.507 e. The number of hydrogen-bond acceptors (Lipinski definition) is 4. The van der Waals surface area contributed by atoms with Gasteiger partial charge in [-0.3, -0.25) is 4.79 Å². The van der Waals surface area contributed by atoms with E-state index in [1.807, 2.05) is 0 Å². The van der Waals surface area contributed by atoms with Crippen molar-refractivity contribution >= 4 is 34.5 Å². The number of ether oxygens (including phenoxy) is 1. The van der Waals surface area contributed by atoms with Crippen LogP contribution in [0.5, 0.6) is 5.75 Å². The Labute approximate surface area is 173 Å². The van der Waals surface area contributed by atoms with Crippen molar-refractivity contribution in [1.82, 2.24) is 4.98 Å². The van der Waals surface area contributed by atoms with E-state index in [1.165, 1.54) is 18.2 Å². The summed E-state index contributed by atoms with van der Waals surface area (Å²) in [5.41, 5.74) is -1.58. The SMILES string of the molecule is CCOC(=O)C=Cc1c(-c2cc(Cl)ccc2O)c2cc(C(F)(F)F)ccc2[nH]c1=O. The van der Waals surface area contributed by atoms with Gasteiger partial charge in [-0.05, 0) is 49.4 Å². The molecular formula is C21H15ClF3NO4. The van der Waals surface area contributed by atoms with Crippen LogP contribution in [0.2, 0.25) is 5.02 Å². The van der Waals surface area contributed by atoms with Gasteiger partial charge in [0.15, 0.2) is 0 Å². The Balaban J connectivity index is 2.41. The predicted molar refractivity (Wildman–Crippen MR) is 107 cm³/mol. The fourth-order valence-electron chi connectivity index (χ4n) is 2.98. The molecule has 0 aliphatic heterocycles. The number of hydrogen-bond donors (Lipinski definition) is 2. The molecule has 5 nitrogen and oxygen atoms in total. The maximum absolute atomic E-state index is 13.3. The molecule has 1 heterocycles. The van der Waals surface area contributed by atoms with Gasteiger partial charge >= 0.3 is 12.1 Å². The monoisotopic (exact) mass is 437 g/mol. The van der Waals surface area contributed by atoms with Gasteiger partial charge in [-0.1, -0.05) is 11.6 Å². The molecule has 2 N–H and O–H groups in total. The van der Waals surface area contributed by atoms with Crippen molar-refractivity contribution in [2.24, 2.45) is 0 Å².